The summed E-state index contributed by atoms with van der Waals surface area (Å²) in [5.74, 6) is 0.880. The van der Waals surface area contributed by atoms with Crippen LogP contribution in [0.3, 0.4) is 0 Å². The number of rotatable bonds is 7. The van der Waals surface area contributed by atoms with Crippen LogP contribution >= 0.6 is 0 Å². The molecule has 9 aromatic rings. The third-order valence-electron chi connectivity index (χ3n) is 11.7. The van der Waals surface area contributed by atoms with E-state index in [0.29, 0.717) is 0 Å². The van der Waals surface area contributed by atoms with Gasteiger partial charge in [-0.15, -0.1) is 0 Å². The zero-order valence-electron chi connectivity index (χ0n) is 32.2. The highest BCUT2D eigenvalue weighted by atomic mass is 15.4. The second-order valence-electron chi connectivity index (χ2n) is 15.2. The molecule has 0 bridgehead atoms. The standard InChI is InChI=1S/C53H40N6/c1-3-12-35(13-4-1)36-20-26-39(27-21-36)46-34-47(57-52(56-46)41-14-5-2-6-15-41)40-28-22-37(23-29-40)38-24-30-42(31-25-38)53-58-50-44-17-8-7-16-43(44)49-45(18-11-33-55-49)51(50)59(53)48-19-9-10-32-54-48/h1-34,46,52-53,56-58H. The van der Waals surface area contributed by atoms with Gasteiger partial charge in [-0.3, -0.25) is 15.2 Å². The molecule has 2 aliphatic rings. The van der Waals surface area contributed by atoms with Crippen molar-refractivity contribution in [2.45, 2.75) is 18.4 Å². The number of pyridine rings is 2. The molecular formula is C53H40N6. The Labute approximate surface area is 343 Å². The highest BCUT2D eigenvalue weighted by molar-refractivity contribution is 6.20. The number of hydrogen-bond acceptors (Lipinski definition) is 6. The Bertz CT molecular complexity index is 2950. The van der Waals surface area contributed by atoms with Crippen LogP contribution in [0.25, 0.3) is 49.6 Å². The molecule has 0 saturated carbocycles. The molecule has 7 aromatic carbocycles. The van der Waals surface area contributed by atoms with Gasteiger partial charge in [-0.1, -0.05) is 164 Å². The Morgan fingerprint density at radius 2 is 1.00 bits per heavy atom. The second kappa shape index (κ2) is 14.8. The first kappa shape index (κ1) is 34.7. The number of anilines is 3. The molecule has 59 heavy (non-hydrogen) atoms. The lowest BCUT2D eigenvalue weighted by molar-refractivity contribution is 0.443. The van der Waals surface area contributed by atoms with E-state index in [1.165, 1.54) is 22.3 Å². The van der Waals surface area contributed by atoms with Gasteiger partial charge in [-0.05, 0) is 74.8 Å². The van der Waals surface area contributed by atoms with E-state index in [-0.39, 0.29) is 18.4 Å². The lowest BCUT2D eigenvalue weighted by Gasteiger charge is -2.33. The van der Waals surface area contributed by atoms with Gasteiger partial charge in [-0.25, -0.2) is 4.98 Å². The van der Waals surface area contributed by atoms with Gasteiger partial charge in [0.2, 0.25) is 0 Å². The van der Waals surface area contributed by atoms with Crippen LogP contribution in [-0.2, 0) is 0 Å². The summed E-state index contributed by atoms with van der Waals surface area (Å²) in [4.78, 5) is 12.0. The highest BCUT2D eigenvalue weighted by Crippen LogP contribution is 2.52. The lowest BCUT2D eigenvalue weighted by Crippen LogP contribution is -2.39. The van der Waals surface area contributed by atoms with E-state index in [1.807, 2.05) is 30.6 Å². The van der Waals surface area contributed by atoms with Gasteiger partial charge in [0, 0.05) is 34.2 Å². The van der Waals surface area contributed by atoms with Gasteiger partial charge in [-0.2, -0.15) is 0 Å². The summed E-state index contributed by atoms with van der Waals surface area (Å²) in [5, 5.41) is 14.9. The van der Waals surface area contributed by atoms with E-state index >= 15 is 0 Å². The van der Waals surface area contributed by atoms with E-state index in [4.69, 9.17) is 9.97 Å². The predicted molar refractivity (Wildman–Crippen MR) is 242 cm³/mol. The van der Waals surface area contributed by atoms with Crippen molar-refractivity contribution in [2.24, 2.45) is 0 Å². The molecule has 0 aliphatic carbocycles. The minimum atomic E-state index is -0.163. The van der Waals surface area contributed by atoms with E-state index in [0.717, 1.165) is 66.8 Å². The average molecular weight is 761 g/mol. The second-order valence-corrected chi connectivity index (χ2v) is 15.2. The Morgan fingerprint density at radius 3 is 1.71 bits per heavy atom. The first-order chi connectivity index (χ1) is 29.2. The molecule has 6 nitrogen and oxygen atoms in total. The first-order valence-corrected chi connectivity index (χ1v) is 20.2. The summed E-state index contributed by atoms with van der Waals surface area (Å²) in [5.41, 5.74) is 13.7. The molecule has 4 heterocycles. The van der Waals surface area contributed by atoms with Crippen LogP contribution in [0, 0.1) is 0 Å². The molecule has 0 fully saturated rings. The summed E-state index contributed by atoms with van der Waals surface area (Å²) in [6.07, 6.45) is 5.84. The maximum Gasteiger partial charge on any atom is 0.134 e. The Balaban J connectivity index is 0.899. The van der Waals surface area contributed by atoms with Gasteiger partial charge in [0.05, 0.1) is 22.9 Å². The lowest BCUT2D eigenvalue weighted by atomic mass is 9.95. The molecule has 0 amide bonds. The van der Waals surface area contributed by atoms with Crippen LogP contribution in [0.4, 0.5) is 17.2 Å². The molecule has 0 radical (unpaired) electrons. The van der Waals surface area contributed by atoms with Crippen LogP contribution in [0.15, 0.2) is 207 Å². The molecule has 3 N–H and O–H groups in total. The molecule has 3 unspecified atom stereocenters. The van der Waals surface area contributed by atoms with Crippen molar-refractivity contribution < 1.29 is 0 Å². The quantitative estimate of drug-likeness (QED) is 0.141. The van der Waals surface area contributed by atoms with Crippen LogP contribution < -0.4 is 20.9 Å². The van der Waals surface area contributed by atoms with E-state index in [2.05, 4.69) is 197 Å². The number of hydrogen-bond donors (Lipinski definition) is 3. The summed E-state index contributed by atoms with van der Waals surface area (Å²) in [6, 6.07) is 66.7. The number of fused-ring (bicyclic) bond motifs is 6. The molecule has 6 heteroatoms. The Hall–Kier alpha value is -7.54. The van der Waals surface area contributed by atoms with Crippen molar-refractivity contribution in [3.8, 4) is 22.3 Å². The summed E-state index contributed by atoms with van der Waals surface area (Å²) in [7, 11) is 0. The van der Waals surface area contributed by atoms with E-state index < -0.39 is 0 Å². The van der Waals surface area contributed by atoms with Crippen LogP contribution in [0.5, 0.6) is 0 Å². The minimum Gasteiger partial charge on any atom is -0.366 e. The maximum absolute atomic E-state index is 4.86. The smallest absolute Gasteiger partial charge is 0.134 e. The molecule has 0 spiro atoms. The molecule has 11 rings (SSSR count). The van der Waals surface area contributed by atoms with Crippen molar-refractivity contribution in [1.29, 1.82) is 0 Å². The largest absolute Gasteiger partial charge is 0.366 e. The summed E-state index contributed by atoms with van der Waals surface area (Å²) < 4.78 is 0. The van der Waals surface area contributed by atoms with Gasteiger partial charge < -0.3 is 10.6 Å². The fraction of sp³-hybridized carbons (Fsp3) is 0.0566. The van der Waals surface area contributed by atoms with Crippen LogP contribution in [0.1, 0.15) is 40.6 Å². The highest BCUT2D eigenvalue weighted by Gasteiger charge is 2.35. The fourth-order valence-electron chi connectivity index (χ4n) is 8.73. The van der Waals surface area contributed by atoms with E-state index in [1.54, 1.807) is 0 Å². The van der Waals surface area contributed by atoms with Crippen LogP contribution in [-0.4, -0.2) is 9.97 Å². The number of aromatic nitrogens is 2. The SMILES string of the molecule is C1=C(c2ccc(-c3ccc(C4Nc5c(c6cccnc6c6ccccc56)N4c4ccccn4)cc3)cc2)NC(c2ccccc2)NC1c1ccc(-c2ccccc2)cc1. The van der Waals surface area contributed by atoms with Gasteiger partial charge in [0.15, 0.2) is 0 Å². The number of nitrogens with zero attached hydrogens (tertiary/aromatic N) is 3. The third kappa shape index (κ3) is 6.36. The molecule has 0 saturated heterocycles. The summed E-state index contributed by atoms with van der Waals surface area (Å²) >= 11 is 0. The topological polar surface area (TPSA) is 65.1 Å². The Morgan fingerprint density at radius 1 is 0.424 bits per heavy atom. The number of nitrogens with one attached hydrogen (secondary N) is 3. The first-order valence-electron chi connectivity index (χ1n) is 20.2. The molecule has 2 aliphatic heterocycles. The minimum absolute atomic E-state index is 0.0294. The fourth-order valence-corrected chi connectivity index (χ4v) is 8.73. The molecule has 3 atom stereocenters. The van der Waals surface area contributed by atoms with Gasteiger partial charge in [0.25, 0.3) is 0 Å². The maximum atomic E-state index is 4.86. The predicted octanol–water partition coefficient (Wildman–Crippen LogP) is 12.4. The van der Waals surface area contributed by atoms with Crippen molar-refractivity contribution in [1.82, 2.24) is 20.6 Å². The number of benzene rings is 7. The zero-order valence-corrected chi connectivity index (χ0v) is 32.2. The van der Waals surface area contributed by atoms with Gasteiger partial charge >= 0.3 is 0 Å². The average Bonchev–Trinajstić information content (AvgIpc) is 3.74. The van der Waals surface area contributed by atoms with Gasteiger partial charge in [0.1, 0.15) is 18.1 Å². The van der Waals surface area contributed by atoms with Crippen LogP contribution in [0.2, 0.25) is 0 Å². The zero-order chi connectivity index (χ0) is 39.1. The third-order valence-corrected chi connectivity index (χ3v) is 11.7. The van der Waals surface area contributed by atoms with E-state index in [9.17, 15) is 0 Å². The molecular weight excluding hydrogens is 721 g/mol. The van der Waals surface area contributed by atoms with Crippen molar-refractivity contribution in [2.75, 3.05) is 10.2 Å². The van der Waals surface area contributed by atoms with Crippen molar-refractivity contribution in [3.05, 3.63) is 229 Å². The molecule has 282 valence electrons. The van der Waals surface area contributed by atoms with Crippen molar-refractivity contribution in [3.63, 3.8) is 0 Å². The Kier molecular flexibility index (Phi) is 8.68. The summed E-state index contributed by atoms with van der Waals surface area (Å²) in [6.45, 7) is 0. The molecule has 2 aromatic heterocycles. The monoisotopic (exact) mass is 760 g/mol. The van der Waals surface area contributed by atoms with Crippen molar-refractivity contribution >= 4 is 44.6 Å². The normalized spacial score (nSPS) is 17.3.